The summed E-state index contributed by atoms with van der Waals surface area (Å²) in [5.41, 5.74) is 15.6. The first kappa shape index (κ1) is 17.1. The molecular weight excluding hydrogens is 300 g/mol. The first-order valence-electron chi connectivity index (χ1n) is 7.41. The SMILES string of the molecule is Cc1ccc(\C=N/N=C(N)/C(N)=N\N=C/c2ccc(C)cc2)cc1. The normalized spacial score (nSPS) is 13.1. The van der Waals surface area contributed by atoms with Crippen LogP contribution in [0.1, 0.15) is 22.3 Å². The Morgan fingerprint density at radius 1 is 0.667 bits per heavy atom. The first-order chi connectivity index (χ1) is 11.5. The molecule has 2 aromatic carbocycles. The Hall–Kier alpha value is -3.28. The minimum Gasteiger partial charge on any atom is -0.379 e. The molecule has 0 aliphatic rings. The van der Waals surface area contributed by atoms with E-state index in [0.717, 1.165) is 11.1 Å². The van der Waals surface area contributed by atoms with E-state index in [1.807, 2.05) is 62.4 Å². The van der Waals surface area contributed by atoms with Gasteiger partial charge < -0.3 is 11.5 Å². The van der Waals surface area contributed by atoms with E-state index in [9.17, 15) is 0 Å². The number of amidine groups is 2. The molecule has 122 valence electrons. The molecule has 2 rings (SSSR count). The lowest BCUT2D eigenvalue weighted by Crippen LogP contribution is -2.30. The largest absolute Gasteiger partial charge is 0.379 e. The number of hydrogen-bond donors (Lipinski definition) is 2. The van der Waals surface area contributed by atoms with Gasteiger partial charge in [0.1, 0.15) is 0 Å². The molecule has 0 radical (unpaired) electrons. The molecule has 6 nitrogen and oxygen atoms in total. The molecule has 0 saturated carbocycles. The summed E-state index contributed by atoms with van der Waals surface area (Å²) in [6, 6.07) is 15.7. The van der Waals surface area contributed by atoms with Gasteiger partial charge in [-0.3, -0.25) is 0 Å². The Labute approximate surface area is 141 Å². The zero-order chi connectivity index (χ0) is 17.4. The molecular formula is C18H20N6. The van der Waals surface area contributed by atoms with Crippen molar-refractivity contribution in [3.8, 4) is 0 Å². The molecule has 0 heterocycles. The summed E-state index contributed by atoms with van der Waals surface area (Å²) in [6.07, 6.45) is 3.18. The van der Waals surface area contributed by atoms with E-state index >= 15 is 0 Å². The lowest BCUT2D eigenvalue weighted by molar-refractivity contribution is 1.21. The Morgan fingerprint density at radius 2 is 1.00 bits per heavy atom. The molecule has 0 saturated heterocycles. The number of benzene rings is 2. The standard InChI is InChI=1S/C18H20N6/c1-13-3-7-15(8-4-13)11-21-23-17(19)18(20)24-22-12-16-9-5-14(2)6-10-16/h3-12H,1-2H3,(H2,19,23)(H2,20,24)/b21-11-,22-12-. The molecule has 0 bridgehead atoms. The van der Waals surface area contributed by atoms with Crippen LogP contribution >= 0.6 is 0 Å². The van der Waals surface area contributed by atoms with Gasteiger partial charge in [-0.25, -0.2) is 0 Å². The van der Waals surface area contributed by atoms with Crippen LogP contribution in [-0.4, -0.2) is 24.1 Å². The second-order valence-corrected chi connectivity index (χ2v) is 5.28. The van der Waals surface area contributed by atoms with Crippen molar-refractivity contribution >= 4 is 24.1 Å². The summed E-state index contributed by atoms with van der Waals surface area (Å²) in [5.74, 6) is 0.0267. The molecule has 0 aromatic heterocycles. The first-order valence-corrected chi connectivity index (χ1v) is 7.41. The maximum absolute atomic E-state index is 5.71. The van der Waals surface area contributed by atoms with E-state index in [0.29, 0.717) is 0 Å². The number of hydrogen-bond acceptors (Lipinski definition) is 4. The van der Waals surface area contributed by atoms with Crippen molar-refractivity contribution in [3.05, 3.63) is 70.8 Å². The smallest absolute Gasteiger partial charge is 0.190 e. The molecule has 2 aromatic rings. The topological polar surface area (TPSA) is 101 Å². The molecule has 0 aliphatic carbocycles. The van der Waals surface area contributed by atoms with Crippen LogP contribution in [0.5, 0.6) is 0 Å². The summed E-state index contributed by atoms with van der Waals surface area (Å²) in [7, 11) is 0. The van der Waals surface area contributed by atoms with E-state index < -0.39 is 0 Å². The number of nitrogens with two attached hydrogens (primary N) is 2. The van der Waals surface area contributed by atoms with Gasteiger partial charge in [-0.1, -0.05) is 59.7 Å². The minimum absolute atomic E-state index is 0.0133. The van der Waals surface area contributed by atoms with Crippen LogP contribution in [0.25, 0.3) is 0 Å². The monoisotopic (exact) mass is 320 g/mol. The van der Waals surface area contributed by atoms with E-state index in [4.69, 9.17) is 11.5 Å². The van der Waals surface area contributed by atoms with Crippen molar-refractivity contribution < 1.29 is 0 Å². The van der Waals surface area contributed by atoms with Crippen molar-refractivity contribution in [3.63, 3.8) is 0 Å². The van der Waals surface area contributed by atoms with Gasteiger partial charge >= 0.3 is 0 Å². The van der Waals surface area contributed by atoms with E-state index in [1.54, 1.807) is 12.4 Å². The quantitative estimate of drug-likeness (QED) is 0.513. The summed E-state index contributed by atoms with van der Waals surface area (Å²) < 4.78 is 0. The zero-order valence-corrected chi connectivity index (χ0v) is 13.7. The predicted molar refractivity (Wildman–Crippen MR) is 101 cm³/mol. The van der Waals surface area contributed by atoms with Crippen LogP contribution in [0.2, 0.25) is 0 Å². The van der Waals surface area contributed by atoms with Crippen LogP contribution in [0.4, 0.5) is 0 Å². The highest BCUT2D eigenvalue weighted by Crippen LogP contribution is 2.01. The number of aryl methyl sites for hydroxylation is 2. The fourth-order valence-corrected chi connectivity index (χ4v) is 1.72. The molecule has 0 unspecified atom stereocenters. The second kappa shape index (κ2) is 8.38. The summed E-state index contributed by atoms with van der Waals surface area (Å²) in [4.78, 5) is 0. The van der Waals surface area contributed by atoms with Gasteiger partial charge in [-0.2, -0.15) is 10.2 Å². The van der Waals surface area contributed by atoms with Crippen LogP contribution < -0.4 is 11.5 Å². The molecule has 0 atom stereocenters. The van der Waals surface area contributed by atoms with Gasteiger partial charge in [0, 0.05) is 0 Å². The van der Waals surface area contributed by atoms with Crippen molar-refractivity contribution in [1.82, 2.24) is 0 Å². The highest BCUT2D eigenvalue weighted by molar-refractivity contribution is 6.39. The third-order valence-corrected chi connectivity index (χ3v) is 3.16. The highest BCUT2D eigenvalue weighted by Gasteiger charge is 1.97. The fourth-order valence-electron chi connectivity index (χ4n) is 1.72. The van der Waals surface area contributed by atoms with Gasteiger partial charge in [0.25, 0.3) is 0 Å². The van der Waals surface area contributed by atoms with Crippen LogP contribution in [-0.2, 0) is 0 Å². The van der Waals surface area contributed by atoms with Crippen LogP contribution in [0.3, 0.4) is 0 Å². The third kappa shape index (κ3) is 5.49. The number of nitrogens with zero attached hydrogens (tertiary/aromatic N) is 4. The maximum atomic E-state index is 5.71. The Morgan fingerprint density at radius 3 is 1.33 bits per heavy atom. The Bertz CT molecular complexity index is 714. The van der Waals surface area contributed by atoms with E-state index in [1.165, 1.54) is 11.1 Å². The summed E-state index contributed by atoms with van der Waals surface area (Å²) >= 11 is 0. The maximum Gasteiger partial charge on any atom is 0.190 e. The zero-order valence-electron chi connectivity index (χ0n) is 13.7. The average Bonchev–Trinajstić information content (AvgIpc) is 2.58. The average molecular weight is 320 g/mol. The number of rotatable bonds is 4. The molecule has 0 aliphatic heterocycles. The van der Waals surface area contributed by atoms with Crippen LogP contribution in [0.15, 0.2) is 68.9 Å². The Kier molecular flexibility index (Phi) is 5.96. The van der Waals surface area contributed by atoms with Gasteiger partial charge in [0.05, 0.1) is 12.4 Å². The fraction of sp³-hybridized carbons (Fsp3) is 0.111. The van der Waals surface area contributed by atoms with Crippen molar-refractivity contribution in [2.75, 3.05) is 0 Å². The molecule has 6 heteroatoms. The molecule has 0 spiro atoms. The molecule has 0 fully saturated rings. The van der Waals surface area contributed by atoms with Gasteiger partial charge in [0.15, 0.2) is 11.7 Å². The second-order valence-electron chi connectivity index (χ2n) is 5.28. The summed E-state index contributed by atoms with van der Waals surface area (Å²) in [6.45, 7) is 4.04. The molecule has 4 N–H and O–H groups in total. The Balaban J connectivity index is 1.98. The van der Waals surface area contributed by atoms with Gasteiger partial charge in [-0.15, -0.1) is 10.2 Å². The molecule has 0 amide bonds. The van der Waals surface area contributed by atoms with Gasteiger partial charge in [-0.05, 0) is 25.0 Å². The summed E-state index contributed by atoms with van der Waals surface area (Å²) in [5, 5.41) is 15.4. The minimum atomic E-state index is 0.0133. The molecule has 24 heavy (non-hydrogen) atoms. The van der Waals surface area contributed by atoms with E-state index in [-0.39, 0.29) is 11.7 Å². The van der Waals surface area contributed by atoms with Crippen molar-refractivity contribution in [2.45, 2.75) is 13.8 Å². The van der Waals surface area contributed by atoms with Gasteiger partial charge in [0.2, 0.25) is 0 Å². The predicted octanol–water partition coefficient (Wildman–Crippen LogP) is 2.39. The lowest BCUT2D eigenvalue weighted by atomic mass is 10.2. The van der Waals surface area contributed by atoms with Crippen molar-refractivity contribution in [1.29, 1.82) is 0 Å². The third-order valence-electron chi connectivity index (χ3n) is 3.16. The van der Waals surface area contributed by atoms with Crippen LogP contribution in [0, 0.1) is 13.8 Å². The lowest BCUT2D eigenvalue weighted by Gasteiger charge is -1.95. The van der Waals surface area contributed by atoms with E-state index in [2.05, 4.69) is 20.4 Å². The van der Waals surface area contributed by atoms with Crippen molar-refractivity contribution in [2.24, 2.45) is 31.9 Å². The highest BCUT2D eigenvalue weighted by atomic mass is 15.3.